The molecule has 1 aliphatic rings. The van der Waals surface area contributed by atoms with Gasteiger partial charge in [0, 0.05) is 24.6 Å². The van der Waals surface area contributed by atoms with Gasteiger partial charge in [-0.1, -0.05) is 30.0 Å². The molecule has 2 heterocycles. The lowest BCUT2D eigenvalue weighted by atomic mass is 9.97. The zero-order valence-electron chi connectivity index (χ0n) is 25.6. The maximum Gasteiger partial charge on any atom is 0.253 e. The van der Waals surface area contributed by atoms with Gasteiger partial charge >= 0.3 is 0 Å². The summed E-state index contributed by atoms with van der Waals surface area (Å²) in [6, 6.07) is 19.7. The number of nitrogens with one attached hydrogen (secondary N) is 1. The van der Waals surface area contributed by atoms with Crippen molar-refractivity contribution in [2.75, 3.05) is 34.2 Å². The lowest BCUT2D eigenvalue weighted by molar-refractivity contribution is -0.130. The normalized spacial score (nSPS) is 14.1. The number of aromatic nitrogens is 3. The summed E-state index contributed by atoms with van der Waals surface area (Å²) < 4.78 is 23.5. The third-order valence-corrected chi connectivity index (χ3v) is 8.38. The van der Waals surface area contributed by atoms with Gasteiger partial charge in [0.25, 0.3) is 11.8 Å². The van der Waals surface area contributed by atoms with Gasteiger partial charge in [0.15, 0.2) is 22.5 Å². The Morgan fingerprint density at radius 2 is 1.67 bits per heavy atom. The van der Waals surface area contributed by atoms with Crippen LogP contribution in [0.4, 0.5) is 0 Å². The van der Waals surface area contributed by atoms with E-state index in [-0.39, 0.29) is 24.1 Å². The Bertz CT molecular complexity index is 1710. The number of hydrogen-bond donors (Lipinski definition) is 1. The van der Waals surface area contributed by atoms with Crippen molar-refractivity contribution in [3.8, 4) is 23.0 Å². The van der Waals surface area contributed by atoms with E-state index < -0.39 is 6.04 Å². The van der Waals surface area contributed by atoms with Gasteiger partial charge < -0.3 is 28.8 Å². The van der Waals surface area contributed by atoms with E-state index in [9.17, 15) is 9.59 Å². The molecule has 0 aliphatic carbocycles. The van der Waals surface area contributed by atoms with E-state index in [0.717, 1.165) is 22.6 Å². The van der Waals surface area contributed by atoms with Crippen molar-refractivity contribution in [1.82, 2.24) is 25.1 Å². The summed E-state index contributed by atoms with van der Waals surface area (Å²) in [5, 5.41) is 18.1. The van der Waals surface area contributed by atoms with Gasteiger partial charge in [0.2, 0.25) is 0 Å². The van der Waals surface area contributed by atoms with Crippen molar-refractivity contribution < 1.29 is 28.5 Å². The molecule has 0 unspecified atom stereocenters. The Kier molecular flexibility index (Phi) is 9.88. The van der Waals surface area contributed by atoms with Crippen LogP contribution in [-0.2, 0) is 18.4 Å². The Labute approximate surface area is 265 Å². The molecular weight excluding hydrogens is 596 g/mol. The SMILES string of the molecule is COc1ccc(C2=NN(C(=O)CSc3nnc(CNC(=O)c4cccc(OC)c4)n3C)[C@H](c3cccc(OC)c3OC)C2)cc1. The zero-order valence-corrected chi connectivity index (χ0v) is 26.5. The molecule has 45 heavy (non-hydrogen) atoms. The quantitative estimate of drug-likeness (QED) is 0.229. The van der Waals surface area contributed by atoms with Gasteiger partial charge in [-0.15, -0.1) is 10.2 Å². The predicted octanol–water partition coefficient (Wildman–Crippen LogP) is 4.25. The number of para-hydroxylation sites is 1. The fourth-order valence-electron chi connectivity index (χ4n) is 4.96. The summed E-state index contributed by atoms with van der Waals surface area (Å²) in [5.74, 6) is 2.57. The number of ether oxygens (including phenoxy) is 4. The van der Waals surface area contributed by atoms with Crippen LogP contribution >= 0.6 is 11.8 Å². The Morgan fingerprint density at radius 3 is 2.38 bits per heavy atom. The maximum absolute atomic E-state index is 13.8. The van der Waals surface area contributed by atoms with Gasteiger partial charge in [-0.2, -0.15) is 5.10 Å². The second-order valence-corrected chi connectivity index (χ2v) is 10.9. The molecule has 1 atom stereocenters. The first-order valence-corrected chi connectivity index (χ1v) is 15.0. The smallest absolute Gasteiger partial charge is 0.253 e. The lowest BCUT2D eigenvalue weighted by Gasteiger charge is -2.24. The number of carbonyl (C=O) groups excluding carboxylic acids is 2. The molecule has 2 amide bonds. The van der Waals surface area contributed by atoms with Crippen molar-refractivity contribution in [1.29, 1.82) is 0 Å². The number of thioether (sulfide) groups is 1. The van der Waals surface area contributed by atoms with Gasteiger partial charge in [0.05, 0.1) is 52.5 Å². The van der Waals surface area contributed by atoms with Crippen LogP contribution in [-0.4, -0.2) is 71.5 Å². The molecule has 0 spiro atoms. The zero-order chi connectivity index (χ0) is 31.9. The fraction of sp³-hybridized carbons (Fsp3) is 0.281. The van der Waals surface area contributed by atoms with E-state index in [1.165, 1.54) is 16.8 Å². The van der Waals surface area contributed by atoms with Gasteiger partial charge in [-0.3, -0.25) is 9.59 Å². The van der Waals surface area contributed by atoms with Crippen LogP contribution in [0.15, 0.2) is 77.0 Å². The second kappa shape index (κ2) is 14.2. The minimum absolute atomic E-state index is 0.0598. The fourth-order valence-corrected chi connectivity index (χ4v) is 5.74. The average molecular weight is 631 g/mol. The summed E-state index contributed by atoms with van der Waals surface area (Å²) >= 11 is 1.24. The van der Waals surface area contributed by atoms with Crippen molar-refractivity contribution in [2.24, 2.45) is 12.1 Å². The monoisotopic (exact) mass is 630 g/mol. The highest BCUT2D eigenvalue weighted by molar-refractivity contribution is 7.99. The van der Waals surface area contributed by atoms with Crippen molar-refractivity contribution in [3.63, 3.8) is 0 Å². The highest BCUT2D eigenvalue weighted by Crippen LogP contribution is 2.42. The van der Waals surface area contributed by atoms with Gasteiger partial charge in [-0.05, 0) is 54.1 Å². The highest BCUT2D eigenvalue weighted by atomic mass is 32.2. The van der Waals surface area contributed by atoms with Crippen LogP contribution in [0.5, 0.6) is 23.0 Å². The lowest BCUT2D eigenvalue weighted by Crippen LogP contribution is -2.29. The molecule has 13 heteroatoms. The first-order chi connectivity index (χ1) is 21.9. The molecule has 1 aliphatic heterocycles. The van der Waals surface area contributed by atoms with Crippen molar-refractivity contribution >= 4 is 29.3 Å². The minimum atomic E-state index is -0.415. The van der Waals surface area contributed by atoms with E-state index in [1.807, 2.05) is 42.5 Å². The molecule has 0 saturated heterocycles. The van der Waals surface area contributed by atoms with E-state index in [2.05, 4.69) is 15.5 Å². The van der Waals surface area contributed by atoms with Gasteiger partial charge in [-0.25, -0.2) is 5.01 Å². The van der Waals surface area contributed by atoms with E-state index in [1.54, 1.807) is 64.3 Å². The van der Waals surface area contributed by atoms with Crippen LogP contribution in [0.3, 0.4) is 0 Å². The molecule has 5 rings (SSSR count). The summed E-state index contributed by atoms with van der Waals surface area (Å²) in [4.78, 5) is 26.4. The molecule has 12 nitrogen and oxygen atoms in total. The molecule has 234 valence electrons. The number of benzene rings is 3. The number of hydrazone groups is 1. The number of rotatable bonds is 12. The van der Waals surface area contributed by atoms with Crippen molar-refractivity contribution in [3.05, 3.63) is 89.2 Å². The number of carbonyl (C=O) groups is 2. The largest absolute Gasteiger partial charge is 0.497 e. The molecule has 4 aromatic rings. The van der Waals surface area contributed by atoms with Crippen LogP contribution in [0, 0.1) is 0 Å². The Morgan fingerprint density at radius 1 is 0.911 bits per heavy atom. The van der Waals surface area contributed by atoms with Gasteiger partial charge in [0.1, 0.15) is 11.5 Å². The van der Waals surface area contributed by atoms with Crippen LogP contribution in [0.2, 0.25) is 0 Å². The Hall–Kier alpha value is -5.04. The van der Waals surface area contributed by atoms with Crippen molar-refractivity contribution in [2.45, 2.75) is 24.2 Å². The third-order valence-electron chi connectivity index (χ3n) is 7.37. The number of methoxy groups -OCH3 is 4. The third kappa shape index (κ3) is 6.88. The summed E-state index contributed by atoms with van der Waals surface area (Å²) in [6.07, 6.45) is 0.480. The second-order valence-electron chi connectivity index (χ2n) is 9.98. The first kappa shape index (κ1) is 31.4. The van der Waals surface area contributed by atoms with E-state index in [0.29, 0.717) is 40.2 Å². The number of amides is 2. The van der Waals surface area contributed by atoms with Crippen LogP contribution in [0.25, 0.3) is 0 Å². The standard InChI is InChI=1S/C32H34N6O6S/c1-37-28(18-33-31(40)21-8-6-9-23(16-21)42-3)34-35-32(37)45-19-29(39)38-26(24-10-7-11-27(43-4)30(24)44-5)17-25(36-38)20-12-14-22(41-2)15-13-20/h6-16,26H,17-19H2,1-5H3,(H,33,40)/t26-/m0/s1. The van der Waals surface area contributed by atoms with E-state index >= 15 is 0 Å². The molecular formula is C32H34N6O6S. The molecule has 1 N–H and O–H groups in total. The maximum atomic E-state index is 13.8. The Balaban J connectivity index is 1.31. The summed E-state index contributed by atoms with van der Waals surface area (Å²) in [5.41, 5.74) is 2.91. The molecule has 0 bridgehead atoms. The molecule has 3 aromatic carbocycles. The molecule has 1 aromatic heterocycles. The molecule has 0 saturated carbocycles. The average Bonchev–Trinajstić information content (AvgIpc) is 3.69. The van der Waals surface area contributed by atoms with E-state index in [4.69, 9.17) is 24.0 Å². The predicted molar refractivity (Wildman–Crippen MR) is 169 cm³/mol. The summed E-state index contributed by atoms with van der Waals surface area (Å²) in [6.45, 7) is 0.160. The first-order valence-electron chi connectivity index (χ1n) is 14.0. The van der Waals surface area contributed by atoms with Crippen LogP contribution < -0.4 is 24.3 Å². The minimum Gasteiger partial charge on any atom is -0.497 e. The molecule has 0 fully saturated rings. The van der Waals surface area contributed by atoms with Crippen LogP contribution in [0.1, 0.15) is 39.8 Å². The number of nitrogens with zero attached hydrogens (tertiary/aromatic N) is 5. The topological polar surface area (TPSA) is 129 Å². The highest BCUT2D eigenvalue weighted by Gasteiger charge is 2.35. The number of hydrogen-bond acceptors (Lipinski definition) is 10. The molecule has 0 radical (unpaired) electrons. The summed E-state index contributed by atoms with van der Waals surface area (Å²) in [7, 11) is 8.11.